The first-order valence-electron chi connectivity index (χ1n) is 6.75. The summed E-state index contributed by atoms with van der Waals surface area (Å²) in [5.41, 5.74) is 3.61. The average molecular weight is 322 g/mol. The van der Waals surface area contributed by atoms with Gasteiger partial charge in [0.15, 0.2) is 23.2 Å². The number of terminal acetylenes is 1. The van der Waals surface area contributed by atoms with Crippen molar-refractivity contribution in [3.8, 4) is 12.3 Å². The number of nitrogens with zero attached hydrogens (tertiary/aromatic N) is 4. The zero-order valence-corrected chi connectivity index (χ0v) is 12.1. The first-order chi connectivity index (χ1) is 11.0. The highest BCUT2D eigenvalue weighted by molar-refractivity contribution is 5.84. The van der Waals surface area contributed by atoms with Gasteiger partial charge in [0.05, 0.1) is 12.9 Å². The summed E-state index contributed by atoms with van der Waals surface area (Å²) in [6.07, 6.45) is 2.25. The maximum Gasteiger partial charge on any atom is 0.243 e. The van der Waals surface area contributed by atoms with E-state index >= 15 is 4.39 Å². The summed E-state index contributed by atoms with van der Waals surface area (Å²) in [6.45, 7) is -0.587. The summed E-state index contributed by atoms with van der Waals surface area (Å²) in [5, 5.41) is 22.0. The standard InChI is InChI=1S/C13H15FN6O3/c1-3-13(14)8(22)6(4-21)23-11(13)20-5-17-7-9(16-2)18-12(15)19-10(7)20/h1,5-6,8,11,21-22H,4H2,2H3,(H3,15,16,18,19)/t6?,8-,11-,13-/m1/s1. The lowest BCUT2D eigenvalue weighted by molar-refractivity contribution is -0.0504. The number of fused-ring (bicyclic) bond motifs is 1. The molecule has 0 spiro atoms. The van der Waals surface area contributed by atoms with Crippen LogP contribution in [0.3, 0.4) is 0 Å². The molecular weight excluding hydrogens is 307 g/mol. The molecule has 1 fully saturated rings. The van der Waals surface area contributed by atoms with Gasteiger partial charge in [-0.2, -0.15) is 9.97 Å². The molecular formula is C13H15FN6O3. The van der Waals surface area contributed by atoms with Crippen molar-refractivity contribution in [1.82, 2.24) is 19.5 Å². The Labute approximate surface area is 130 Å². The van der Waals surface area contributed by atoms with E-state index in [1.54, 1.807) is 7.05 Å². The number of imidazole rings is 1. The molecule has 10 heteroatoms. The van der Waals surface area contributed by atoms with Crippen molar-refractivity contribution in [2.45, 2.75) is 24.1 Å². The van der Waals surface area contributed by atoms with Gasteiger partial charge in [-0.25, -0.2) is 9.37 Å². The zero-order chi connectivity index (χ0) is 16.8. The van der Waals surface area contributed by atoms with Crippen LogP contribution in [-0.2, 0) is 4.74 Å². The zero-order valence-electron chi connectivity index (χ0n) is 12.1. The normalized spacial score (nSPS) is 30.5. The van der Waals surface area contributed by atoms with Gasteiger partial charge in [-0.3, -0.25) is 4.57 Å². The largest absolute Gasteiger partial charge is 0.394 e. The van der Waals surface area contributed by atoms with Crippen LogP contribution in [0.5, 0.6) is 0 Å². The molecule has 1 aliphatic rings. The van der Waals surface area contributed by atoms with Gasteiger partial charge in [-0.1, -0.05) is 5.92 Å². The summed E-state index contributed by atoms with van der Waals surface area (Å²) in [4.78, 5) is 12.1. The molecule has 122 valence electrons. The molecule has 0 aliphatic carbocycles. The van der Waals surface area contributed by atoms with Crippen LogP contribution in [0.25, 0.3) is 11.2 Å². The van der Waals surface area contributed by atoms with Crippen molar-refractivity contribution >= 4 is 22.9 Å². The van der Waals surface area contributed by atoms with Gasteiger partial charge in [0.25, 0.3) is 0 Å². The molecule has 23 heavy (non-hydrogen) atoms. The van der Waals surface area contributed by atoms with Gasteiger partial charge >= 0.3 is 0 Å². The minimum absolute atomic E-state index is 0.0500. The van der Waals surface area contributed by atoms with Crippen molar-refractivity contribution in [2.75, 3.05) is 24.7 Å². The number of hydrogen-bond donors (Lipinski definition) is 4. The second-order valence-corrected chi connectivity index (χ2v) is 5.07. The third-order valence-corrected chi connectivity index (χ3v) is 3.78. The number of anilines is 2. The highest BCUT2D eigenvalue weighted by Gasteiger charge is 2.57. The quantitative estimate of drug-likeness (QED) is 0.532. The van der Waals surface area contributed by atoms with E-state index in [1.807, 2.05) is 5.92 Å². The van der Waals surface area contributed by atoms with E-state index in [0.29, 0.717) is 11.3 Å². The summed E-state index contributed by atoms with van der Waals surface area (Å²) >= 11 is 0. The number of aliphatic hydroxyl groups is 2. The summed E-state index contributed by atoms with van der Waals surface area (Å²) in [6, 6.07) is 0. The molecule has 0 amide bonds. The Balaban J connectivity index is 2.17. The second kappa shape index (κ2) is 5.31. The van der Waals surface area contributed by atoms with E-state index in [0.717, 1.165) is 0 Å². The van der Waals surface area contributed by atoms with E-state index in [1.165, 1.54) is 10.9 Å². The fourth-order valence-electron chi connectivity index (χ4n) is 2.60. The fourth-order valence-corrected chi connectivity index (χ4v) is 2.60. The van der Waals surface area contributed by atoms with E-state index in [-0.39, 0.29) is 11.6 Å². The van der Waals surface area contributed by atoms with E-state index < -0.39 is 30.7 Å². The Bertz CT molecular complexity index is 790. The number of nitrogen functional groups attached to an aromatic ring is 1. The van der Waals surface area contributed by atoms with Crippen LogP contribution < -0.4 is 11.1 Å². The predicted molar refractivity (Wildman–Crippen MR) is 79.0 cm³/mol. The number of aromatic nitrogens is 4. The van der Waals surface area contributed by atoms with Crippen molar-refractivity contribution in [2.24, 2.45) is 0 Å². The molecule has 0 radical (unpaired) electrons. The van der Waals surface area contributed by atoms with Gasteiger partial charge in [-0.15, -0.1) is 6.42 Å². The van der Waals surface area contributed by atoms with Gasteiger partial charge < -0.3 is 26.0 Å². The molecule has 3 heterocycles. The van der Waals surface area contributed by atoms with Crippen molar-refractivity contribution in [3.05, 3.63) is 6.33 Å². The summed E-state index contributed by atoms with van der Waals surface area (Å²) in [5.74, 6) is 2.21. The molecule has 0 aromatic carbocycles. The van der Waals surface area contributed by atoms with Crippen LogP contribution in [-0.4, -0.2) is 61.3 Å². The van der Waals surface area contributed by atoms with Gasteiger partial charge in [-0.05, 0) is 0 Å². The Hall–Kier alpha value is -2.48. The lowest BCUT2D eigenvalue weighted by Gasteiger charge is -2.23. The van der Waals surface area contributed by atoms with Gasteiger partial charge in [0.2, 0.25) is 11.6 Å². The second-order valence-electron chi connectivity index (χ2n) is 5.07. The number of aliphatic hydroxyl groups excluding tert-OH is 2. The van der Waals surface area contributed by atoms with Crippen molar-refractivity contribution < 1.29 is 19.3 Å². The number of nitrogens with one attached hydrogen (secondary N) is 1. The van der Waals surface area contributed by atoms with Crippen LogP contribution >= 0.6 is 0 Å². The molecule has 0 saturated carbocycles. The monoisotopic (exact) mass is 322 g/mol. The van der Waals surface area contributed by atoms with Crippen LogP contribution in [0.2, 0.25) is 0 Å². The van der Waals surface area contributed by atoms with Crippen LogP contribution in [0.15, 0.2) is 6.33 Å². The summed E-state index contributed by atoms with van der Waals surface area (Å²) in [7, 11) is 1.62. The van der Waals surface area contributed by atoms with Crippen LogP contribution in [0.1, 0.15) is 6.23 Å². The molecule has 5 N–H and O–H groups in total. The molecule has 4 atom stereocenters. The first kappa shape index (κ1) is 15.4. The van der Waals surface area contributed by atoms with E-state index in [2.05, 4.69) is 20.3 Å². The highest BCUT2D eigenvalue weighted by Crippen LogP contribution is 2.42. The fraction of sp³-hybridized carbons (Fsp3) is 0.462. The van der Waals surface area contributed by atoms with Gasteiger partial charge in [0.1, 0.15) is 12.2 Å². The maximum atomic E-state index is 15.0. The third-order valence-electron chi connectivity index (χ3n) is 3.78. The molecule has 2 aromatic heterocycles. The molecule has 3 rings (SSSR count). The Morgan fingerprint density at radius 1 is 1.61 bits per heavy atom. The van der Waals surface area contributed by atoms with E-state index in [4.69, 9.17) is 16.9 Å². The van der Waals surface area contributed by atoms with Crippen LogP contribution in [0, 0.1) is 12.3 Å². The summed E-state index contributed by atoms with van der Waals surface area (Å²) < 4.78 is 21.7. The first-order valence-corrected chi connectivity index (χ1v) is 6.75. The Kier molecular flexibility index (Phi) is 3.56. The third kappa shape index (κ3) is 2.09. The van der Waals surface area contributed by atoms with Crippen molar-refractivity contribution in [1.29, 1.82) is 0 Å². The molecule has 0 bridgehead atoms. The van der Waals surface area contributed by atoms with Crippen molar-refractivity contribution in [3.63, 3.8) is 0 Å². The number of alkyl halides is 1. The maximum absolute atomic E-state index is 15.0. The lowest BCUT2D eigenvalue weighted by Crippen LogP contribution is -2.42. The Morgan fingerprint density at radius 2 is 2.35 bits per heavy atom. The Morgan fingerprint density at radius 3 is 2.96 bits per heavy atom. The minimum Gasteiger partial charge on any atom is -0.394 e. The van der Waals surface area contributed by atoms with Crippen LogP contribution in [0.4, 0.5) is 16.2 Å². The number of nitrogens with two attached hydrogens (primary N) is 1. The highest BCUT2D eigenvalue weighted by atomic mass is 19.1. The SMILES string of the molecule is C#C[C@@]1(F)[C@H](O)C(CO)O[C@H]1n1cnc2c(NC)nc(N)nc21. The molecule has 1 aliphatic heterocycles. The molecule has 2 aromatic rings. The average Bonchev–Trinajstić information content (AvgIpc) is 3.07. The molecule has 1 unspecified atom stereocenters. The molecule has 9 nitrogen and oxygen atoms in total. The molecule has 1 saturated heterocycles. The number of hydrogen-bond acceptors (Lipinski definition) is 8. The predicted octanol–water partition coefficient (Wildman–Crippen LogP) is -0.958. The minimum atomic E-state index is -2.56. The smallest absolute Gasteiger partial charge is 0.243 e. The number of ether oxygens (including phenoxy) is 1. The van der Waals surface area contributed by atoms with E-state index in [9.17, 15) is 10.2 Å². The van der Waals surface area contributed by atoms with Gasteiger partial charge in [0, 0.05) is 7.05 Å². The number of halogens is 1. The topological polar surface area (TPSA) is 131 Å². The lowest BCUT2D eigenvalue weighted by atomic mass is 9.97. The number of rotatable bonds is 3.